The van der Waals surface area contributed by atoms with E-state index in [-0.39, 0.29) is 11.7 Å². The zero-order chi connectivity index (χ0) is 22.1. The van der Waals surface area contributed by atoms with Gasteiger partial charge in [0.2, 0.25) is 11.2 Å². The minimum absolute atomic E-state index is 0.0318. The van der Waals surface area contributed by atoms with E-state index in [0.717, 1.165) is 44.6 Å². The molecular formula is C22H26N6O3S. The number of fused-ring (bicyclic) bond motifs is 1. The predicted molar refractivity (Wildman–Crippen MR) is 124 cm³/mol. The van der Waals surface area contributed by atoms with Crippen LogP contribution in [0.25, 0.3) is 0 Å². The molecule has 168 valence electrons. The number of piperidine rings is 1. The van der Waals surface area contributed by atoms with Crippen LogP contribution in [-0.2, 0) is 11.2 Å². The first-order valence-corrected chi connectivity index (χ1v) is 12.0. The fourth-order valence-electron chi connectivity index (χ4n) is 4.10. The number of rotatable bonds is 6. The van der Waals surface area contributed by atoms with E-state index < -0.39 is 11.2 Å². The second-order valence-corrected chi connectivity index (χ2v) is 9.31. The molecule has 5 rings (SSSR count). The Kier molecular flexibility index (Phi) is 5.69. The molecule has 1 aromatic heterocycles. The third-order valence-corrected chi connectivity index (χ3v) is 6.66. The maximum atomic E-state index is 12.4. The highest BCUT2D eigenvalue weighted by atomic mass is 32.2. The van der Waals surface area contributed by atoms with Gasteiger partial charge in [-0.1, -0.05) is 6.07 Å². The minimum atomic E-state index is -1.56. The molecule has 2 unspecified atom stereocenters. The van der Waals surface area contributed by atoms with Crippen LogP contribution in [0.3, 0.4) is 0 Å². The summed E-state index contributed by atoms with van der Waals surface area (Å²) in [5.41, 5.74) is 7.96. The Morgan fingerprint density at radius 1 is 1.31 bits per heavy atom. The molecule has 3 aliphatic rings. The predicted octanol–water partition coefficient (Wildman–Crippen LogP) is 1.98. The van der Waals surface area contributed by atoms with E-state index in [1.807, 2.05) is 24.3 Å². The number of benzene rings is 1. The lowest BCUT2D eigenvalue weighted by molar-refractivity contribution is 0.0951. The van der Waals surface area contributed by atoms with Gasteiger partial charge >= 0.3 is 0 Å². The van der Waals surface area contributed by atoms with Crippen LogP contribution in [0.1, 0.15) is 41.6 Å². The number of ether oxygens (including phenoxy) is 1. The van der Waals surface area contributed by atoms with Crippen LogP contribution in [0.5, 0.6) is 5.75 Å². The van der Waals surface area contributed by atoms with E-state index in [1.165, 1.54) is 0 Å². The van der Waals surface area contributed by atoms with Crippen molar-refractivity contribution in [2.24, 2.45) is 16.0 Å². The molecule has 3 heterocycles. The first-order chi connectivity index (χ1) is 15.6. The zero-order valence-electron chi connectivity index (χ0n) is 17.6. The number of hydrogen-bond donors (Lipinski definition) is 3. The number of pyridine rings is 1. The lowest BCUT2D eigenvalue weighted by Crippen LogP contribution is -2.38. The Morgan fingerprint density at radius 3 is 3.03 bits per heavy atom. The summed E-state index contributed by atoms with van der Waals surface area (Å²) in [6.45, 7) is 2.21. The number of amidine groups is 1. The standard InChI is InChI=1S/C22H26N6O3S/c23-21-20-17(26-32(30)27-21)4-1-5-18(20)31-13-14-3-2-10-28(12-14)19-11-15(8-9-24-19)22(29)25-16-6-7-16/h1,4-5,8-9,11,14,16,26H,2-3,6-7,10,12-13H2,(H2,23,27)(H,25,29). The Bertz CT molecular complexity index is 1090. The van der Waals surface area contributed by atoms with Gasteiger partial charge in [-0.2, -0.15) is 4.40 Å². The van der Waals surface area contributed by atoms with Crippen LogP contribution in [0, 0.1) is 5.92 Å². The quantitative estimate of drug-likeness (QED) is 0.614. The fourth-order valence-corrected chi connectivity index (χ4v) is 4.77. The number of hydrogen-bond acceptors (Lipinski definition) is 6. The molecule has 1 amide bonds. The van der Waals surface area contributed by atoms with Gasteiger partial charge in [-0.05, 0) is 49.9 Å². The Labute approximate surface area is 189 Å². The maximum Gasteiger partial charge on any atom is 0.251 e. The largest absolute Gasteiger partial charge is 0.492 e. The van der Waals surface area contributed by atoms with E-state index in [9.17, 15) is 9.00 Å². The summed E-state index contributed by atoms with van der Waals surface area (Å²) in [7, 11) is 0. The van der Waals surface area contributed by atoms with Crippen LogP contribution in [-0.4, -0.2) is 46.7 Å². The van der Waals surface area contributed by atoms with Crippen molar-refractivity contribution in [3.05, 3.63) is 47.7 Å². The van der Waals surface area contributed by atoms with Crippen LogP contribution in [0.4, 0.5) is 11.5 Å². The molecule has 2 aliphatic heterocycles. The molecule has 32 heavy (non-hydrogen) atoms. The molecule has 9 nitrogen and oxygen atoms in total. The number of carbonyl (C=O) groups excluding carboxylic acids is 1. The van der Waals surface area contributed by atoms with Crippen LogP contribution < -0.4 is 25.4 Å². The number of anilines is 2. The van der Waals surface area contributed by atoms with Gasteiger partial charge in [-0.25, -0.2) is 9.19 Å². The smallest absolute Gasteiger partial charge is 0.251 e. The number of aromatic nitrogens is 1. The number of nitrogens with zero attached hydrogens (tertiary/aromatic N) is 3. The number of nitrogens with one attached hydrogen (secondary N) is 2. The Hall–Kier alpha value is -3.14. The molecule has 0 spiro atoms. The van der Waals surface area contributed by atoms with Crippen molar-refractivity contribution in [3.63, 3.8) is 0 Å². The lowest BCUT2D eigenvalue weighted by atomic mass is 9.98. The van der Waals surface area contributed by atoms with Crippen LogP contribution in [0.15, 0.2) is 40.9 Å². The zero-order valence-corrected chi connectivity index (χ0v) is 18.4. The van der Waals surface area contributed by atoms with E-state index in [1.54, 1.807) is 12.3 Å². The molecule has 0 radical (unpaired) electrons. The lowest BCUT2D eigenvalue weighted by Gasteiger charge is -2.33. The number of nitrogens with two attached hydrogens (primary N) is 1. The normalized spacial score (nSPS) is 22.4. The highest BCUT2D eigenvalue weighted by molar-refractivity contribution is 7.85. The van der Waals surface area contributed by atoms with Crippen molar-refractivity contribution >= 4 is 34.4 Å². The topological polar surface area (TPSA) is 122 Å². The molecule has 4 N–H and O–H groups in total. The van der Waals surface area contributed by atoms with Gasteiger partial charge in [0.05, 0.1) is 17.9 Å². The summed E-state index contributed by atoms with van der Waals surface area (Å²) in [6, 6.07) is 9.46. The highest BCUT2D eigenvalue weighted by Crippen LogP contribution is 2.31. The van der Waals surface area contributed by atoms with Gasteiger partial charge < -0.3 is 20.7 Å². The van der Waals surface area contributed by atoms with Crippen LogP contribution >= 0.6 is 0 Å². The molecule has 10 heteroatoms. The first-order valence-electron chi connectivity index (χ1n) is 10.9. The molecule has 2 atom stereocenters. The van der Waals surface area contributed by atoms with Gasteiger partial charge in [-0.15, -0.1) is 0 Å². The van der Waals surface area contributed by atoms with Crippen molar-refractivity contribution in [2.45, 2.75) is 31.7 Å². The van der Waals surface area contributed by atoms with Crippen molar-refractivity contribution in [3.8, 4) is 5.75 Å². The van der Waals surface area contributed by atoms with Crippen molar-refractivity contribution in [2.75, 3.05) is 29.3 Å². The third-order valence-electron chi connectivity index (χ3n) is 5.90. The second kappa shape index (κ2) is 8.78. The molecular weight excluding hydrogens is 428 g/mol. The monoisotopic (exact) mass is 454 g/mol. The van der Waals surface area contributed by atoms with Crippen molar-refractivity contribution < 1.29 is 13.7 Å². The summed E-state index contributed by atoms with van der Waals surface area (Å²) in [5.74, 6) is 1.92. The van der Waals surface area contributed by atoms with E-state index in [4.69, 9.17) is 10.5 Å². The summed E-state index contributed by atoms with van der Waals surface area (Å²) in [6.07, 6.45) is 5.89. The molecule has 2 aromatic rings. The first kappa shape index (κ1) is 20.7. The average Bonchev–Trinajstić information content (AvgIpc) is 3.61. The average molecular weight is 455 g/mol. The molecule has 0 bridgehead atoms. The SMILES string of the molecule is NC1=NS(=O)Nc2cccc(OCC3CCCN(c4cc(C(=O)NC5CC5)ccn4)C3)c21. The summed E-state index contributed by atoms with van der Waals surface area (Å²) in [4.78, 5) is 19.1. The number of carbonyl (C=O) groups is 1. The van der Waals surface area contributed by atoms with Crippen molar-refractivity contribution in [1.29, 1.82) is 0 Å². The molecule has 1 aromatic carbocycles. The van der Waals surface area contributed by atoms with E-state index in [0.29, 0.717) is 41.1 Å². The Morgan fingerprint density at radius 2 is 2.19 bits per heavy atom. The molecule has 1 aliphatic carbocycles. The van der Waals surface area contributed by atoms with E-state index in [2.05, 4.69) is 24.3 Å². The molecule has 2 fully saturated rings. The minimum Gasteiger partial charge on any atom is -0.492 e. The van der Waals surface area contributed by atoms with Gasteiger partial charge in [0, 0.05) is 36.8 Å². The maximum absolute atomic E-state index is 12.4. The molecule has 1 saturated heterocycles. The Balaban J connectivity index is 1.24. The van der Waals surface area contributed by atoms with Gasteiger partial charge in [0.1, 0.15) is 17.4 Å². The summed E-state index contributed by atoms with van der Waals surface area (Å²) >= 11 is -1.56. The van der Waals surface area contributed by atoms with Gasteiger partial charge in [0.15, 0.2) is 0 Å². The van der Waals surface area contributed by atoms with E-state index >= 15 is 0 Å². The van der Waals surface area contributed by atoms with Crippen molar-refractivity contribution in [1.82, 2.24) is 10.3 Å². The van der Waals surface area contributed by atoms with Crippen LogP contribution in [0.2, 0.25) is 0 Å². The van der Waals surface area contributed by atoms with Gasteiger partial charge in [-0.3, -0.25) is 9.52 Å². The molecule has 1 saturated carbocycles. The fraction of sp³-hybridized carbons (Fsp3) is 0.409. The third kappa shape index (κ3) is 4.55. The number of amides is 1. The summed E-state index contributed by atoms with van der Waals surface area (Å²) < 4.78 is 24.5. The van der Waals surface area contributed by atoms with Gasteiger partial charge in [0.25, 0.3) is 5.91 Å². The summed E-state index contributed by atoms with van der Waals surface area (Å²) in [5, 5.41) is 3.03. The highest BCUT2D eigenvalue weighted by Gasteiger charge is 2.26. The second-order valence-electron chi connectivity index (χ2n) is 8.42.